The molecule has 0 radical (unpaired) electrons. The van der Waals surface area contributed by atoms with E-state index in [4.69, 9.17) is 10.8 Å². The predicted molar refractivity (Wildman–Crippen MR) is 61.6 cm³/mol. The van der Waals surface area contributed by atoms with Crippen molar-refractivity contribution in [3.05, 3.63) is 41.9 Å². The van der Waals surface area contributed by atoms with E-state index < -0.39 is 5.97 Å². The van der Waals surface area contributed by atoms with Gasteiger partial charge < -0.3 is 10.8 Å². The van der Waals surface area contributed by atoms with Gasteiger partial charge in [0.25, 0.3) is 0 Å². The zero-order chi connectivity index (χ0) is 12.0. The van der Waals surface area contributed by atoms with E-state index in [0.717, 1.165) is 0 Å². The lowest BCUT2D eigenvalue weighted by Gasteiger charge is -2.04. The summed E-state index contributed by atoms with van der Waals surface area (Å²) in [7, 11) is 0. The van der Waals surface area contributed by atoms with Crippen molar-refractivity contribution in [3.63, 3.8) is 0 Å². The Morgan fingerprint density at radius 2 is 2.44 bits per heavy atom. The Balaban J connectivity index is 3.29. The number of carboxylic acid groups (broad SMARTS) is 1. The first-order valence-electron chi connectivity index (χ1n) is 4.82. The molecule has 16 heavy (non-hydrogen) atoms. The fraction of sp³-hybridized carbons (Fsp3) is 0.182. The zero-order valence-corrected chi connectivity index (χ0v) is 8.92. The lowest BCUT2D eigenvalue weighted by atomic mass is 10.1. The first-order chi connectivity index (χ1) is 7.70. The van der Waals surface area contributed by atoms with Crippen LogP contribution in [0.3, 0.4) is 0 Å². The van der Waals surface area contributed by atoms with Crippen LogP contribution in [0.1, 0.15) is 23.0 Å². The third kappa shape index (κ3) is 2.66. The SMILES string of the molecule is CCN=C(/C=C\N)c1ncccc1C(=O)O. The Kier molecular flexibility index (Phi) is 4.20. The van der Waals surface area contributed by atoms with Gasteiger partial charge in [0.05, 0.1) is 11.3 Å². The Morgan fingerprint density at radius 3 is 3.00 bits per heavy atom. The Labute approximate surface area is 93.3 Å². The zero-order valence-electron chi connectivity index (χ0n) is 8.92. The fourth-order valence-electron chi connectivity index (χ4n) is 1.25. The van der Waals surface area contributed by atoms with Gasteiger partial charge in [-0.1, -0.05) is 0 Å². The minimum atomic E-state index is -1.03. The summed E-state index contributed by atoms with van der Waals surface area (Å²) in [5.41, 5.74) is 6.21. The Bertz CT molecular complexity index is 439. The molecule has 1 aromatic rings. The summed E-state index contributed by atoms with van der Waals surface area (Å²) in [4.78, 5) is 19.2. The molecule has 0 atom stereocenters. The highest BCUT2D eigenvalue weighted by atomic mass is 16.4. The number of nitrogens with zero attached hydrogens (tertiary/aromatic N) is 2. The van der Waals surface area contributed by atoms with Gasteiger partial charge in [-0.2, -0.15) is 0 Å². The largest absolute Gasteiger partial charge is 0.478 e. The first-order valence-corrected chi connectivity index (χ1v) is 4.82. The fourth-order valence-corrected chi connectivity index (χ4v) is 1.25. The molecule has 0 fully saturated rings. The molecule has 3 N–H and O–H groups in total. The van der Waals surface area contributed by atoms with Crippen molar-refractivity contribution in [3.8, 4) is 0 Å². The van der Waals surface area contributed by atoms with Gasteiger partial charge >= 0.3 is 5.97 Å². The van der Waals surface area contributed by atoms with Gasteiger partial charge in [0.15, 0.2) is 0 Å². The van der Waals surface area contributed by atoms with E-state index in [1.807, 2.05) is 6.92 Å². The highest BCUT2D eigenvalue weighted by molar-refractivity contribution is 6.12. The number of carbonyl (C=O) groups is 1. The summed E-state index contributed by atoms with van der Waals surface area (Å²) >= 11 is 0. The summed E-state index contributed by atoms with van der Waals surface area (Å²) < 4.78 is 0. The number of pyridine rings is 1. The number of hydrogen-bond acceptors (Lipinski definition) is 4. The molecule has 1 heterocycles. The molecule has 1 aromatic heterocycles. The molecule has 5 heteroatoms. The molecule has 0 spiro atoms. The summed E-state index contributed by atoms with van der Waals surface area (Å²) in [5.74, 6) is -1.03. The van der Waals surface area contributed by atoms with Crippen LogP contribution in [-0.4, -0.2) is 28.3 Å². The number of hydrogen-bond donors (Lipinski definition) is 2. The van der Waals surface area contributed by atoms with Crippen LogP contribution in [-0.2, 0) is 0 Å². The molecule has 0 aliphatic heterocycles. The average Bonchev–Trinajstić information content (AvgIpc) is 2.29. The second kappa shape index (κ2) is 5.65. The van der Waals surface area contributed by atoms with Gasteiger partial charge in [-0.05, 0) is 31.3 Å². The average molecular weight is 219 g/mol. The third-order valence-electron chi connectivity index (χ3n) is 1.86. The van der Waals surface area contributed by atoms with Crippen molar-refractivity contribution in [2.75, 3.05) is 6.54 Å². The van der Waals surface area contributed by atoms with Crippen LogP contribution in [0.2, 0.25) is 0 Å². The van der Waals surface area contributed by atoms with Crippen molar-refractivity contribution in [2.24, 2.45) is 10.7 Å². The van der Waals surface area contributed by atoms with Crippen molar-refractivity contribution >= 4 is 11.7 Å². The Hall–Kier alpha value is -2.17. The smallest absolute Gasteiger partial charge is 0.337 e. The maximum absolute atomic E-state index is 11.0. The summed E-state index contributed by atoms with van der Waals surface area (Å²) in [6, 6.07) is 3.06. The van der Waals surface area contributed by atoms with Gasteiger partial charge in [0.2, 0.25) is 0 Å². The highest BCUT2D eigenvalue weighted by Crippen LogP contribution is 2.08. The van der Waals surface area contributed by atoms with Gasteiger partial charge in [-0.15, -0.1) is 0 Å². The molecule has 1 rings (SSSR count). The molecule has 5 nitrogen and oxygen atoms in total. The van der Waals surface area contributed by atoms with Crippen LogP contribution in [0.25, 0.3) is 0 Å². The lowest BCUT2D eigenvalue weighted by Crippen LogP contribution is -2.10. The highest BCUT2D eigenvalue weighted by Gasteiger charge is 2.13. The van der Waals surface area contributed by atoms with E-state index in [9.17, 15) is 4.79 Å². The number of aliphatic imine (C=N–C) groups is 1. The van der Waals surface area contributed by atoms with Crippen LogP contribution in [0.15, 0.2) is 35.6 Å². The standard InChI is InChI=1S/C11H13N3O2/c1-2-13-9(5-6-12)10-8(11(15)16)4-3-7-14-10/h3-7H,2,12H2,1H3,(H,15,16)/b6-5-,13-9?. The number of rotatable bonds is 4. The van der Waals surface area contributed by atoms with Crippen molar-refractivity contribution in [1.29, 1.82) is 0 Å². The molecule has 0 aromatic carbocycles. The van der Waals surface area contributed by atoms with Gasteiger partial charge in [0, 0.05) is 12.7 Å². The molecule has 0 saturated heterocycles. The summed E-state index contributed by atoms with van der Waals surface area (Å²) in [5, 5.41) is 9.00. The van der Waals surface area contributed by atoms with Gasteiger partial charge in [-0.3, -0.25) is 9.98 Å². The number of carboxylic acids is 1. The summed E-state index contributed by atoms with van der Waals surface area (Å²) in [6.07, 6.45) is 4.38. The predicted octanol–water partition coefficient (Wildman–Crippen LogP) is 1.06. The van der Waals surface area contributed by atoms with Crippen LogP contribution >= 0.6 is 0 Å². The minimum absolute atomic E-state index is 0.118. The minimum Gasteiger partial charge on any atom is -0.478 e. The molecule has 0 saturated carbocycles. The van der Waals surface area contributed by atoms with E-state index in [0.29, 0.717) is 18.0 Å². The van der Waals surface area contributed by atoms with Crippen molar-refractivity contribution < 1.29 is 9.90 Å². The molecular weight excluding hydrogens is 206 g/mol. The van der Waals surface area contributed by atoms with E-state index in [-0.39, 0.29) is 5.56 Å². The molecule has 0 aliphatic carbocycles. The molecule has 0 unspecified atom stereocenters. The normalized spacial score (nSPS) is 11.9. The van der Waals surface area contributed by atoms with Crippen molar-refractivity contribution in [1.82, 2.24) is 4.98 Å². The number of aromatic carboxylic acids is 1. The van der Waals surface area contributed by atoms with Crippen LogP contribution < -0.4 is 5.73 Å². The lowest BCUT2D eigenvalue weighted by molar-refractivity contribution is 0.0696. The number of nitrogens with two attached hydrogens (primary N) is 1. The molecule has 0 amide bonds. The topological polar surface area (TPSA) is 88.6 Å². The van der Waals surface area contributed by atoms with Crippen molar-refractivity contribution in [2.45, 2.75) is 6.92 Å². The quantitative estimate of drug-likeness (QED) is 0.741. The number of allylic oxidation sites excluding steroid dienone is 1. The van der Waals surface area contributed by atoms with Crippen LogP contribution in [0.4, 0.5) is 0 Å². The molecule has 0 bridgehead atoms. The van der Waals surface area contributed by atoms with E-state index in [1.54, 1.807) is 6.07 Å². The number of aromatic nitrogens is 1. The van der Waals surface area contributed by atoms with E-state index in [1.165, 1.54) is 24.5 Å². The van der Waals surface area contributed by atoms with Gasteiger partial charge in [0.1, 0.15) is 5.69 Å². The maximum Gasteiger partial charge on any atom is 0.337 e. The first kappa shape index (κ1) is 11.9. The summed E-state index contributed by atoms with van der Waals surface area (Å²) in [6.45, 7) is 2.39. The van der Waals surface area contributed by atoms with E-state index >= 15 is 0 Å². The van der Waals surface area contributed by atoms with Crippen LogP contribution in [0.5, 0.6) is 0 Å². The third-order valence-corrected chi connectivity index (χ3v) is 1.86. The maximum atomic E-state index is 11.0. The molecular formula is C11H13N3O2. The molecule has 0 aliphatic rings. The van der Waals surface area contributed by atoms with Crippen LogP contribution in [0, 0.1) is 0 Å². The second-order valence-electron chi connectivity index (χ2n) is 2.92. The monoisotopic (exact) mass is 219 g/mol. The van der Waals surface area contributed by atoms with E-state index in [2.05, 4.69) is 9.98 Å². The molecule has 84 valence electrons. The Morgan fingerprint density at radius 1 is 1.69 bits per heavy atom. The second-order valence-corrected chi connectivity index (χ2v) is 2.92. The van der Waals surface area contributed by atoms with Gasteiger partial charge in [-0.25, -0.2) is 4.79 Å².